The number of hydrogen-bond donors (Lipinski definition) is 1. The van der Waals surface area contributed by atoms with Crippen LogP contribution in [0.15, 0.2) is 16.7 Å². The number of nitrogens with one attached hydrogen (secondary N) is 1. The maximum atomic E-state index is 5.70. The molecule has 110 valence electrons. The van der Waals surface area contributed by atoms with Gasteiger partial charge in [-0.3, -0.25) is 0 Å². The summed E-state index contributed by atoms with van der Waals surface area (Å²) in [5.41, 5.74) is 0.988. The predicted octanol–water partition coefficient (Wildman–Crippen LogP) is 3.11. The second-order valence-electron chi connectivity index (χ2n) is 5.67. The number of hydrogen-bond acceptors (Lipinski definition) is 4. The first-order chi connectivity index (χ1) is 8.94. The lowest BCUT2D eigenvalue weighted by molar-refractivity contribution is -0.0126. The van der Waals surface area contributed by atoms with Gasteiger partial charge < -0.3 is 19.2 Å². The van der Waals surface area contributed by atoms with E-state index in [1.54, 1.807) is 13.4 Å². The van der Waals surface area contributed by atoms with E-state index in [-0.39, 0.29) is 5.60 Å². The third-order valence-corrected chi connectivity index (χ3v) is 3.17. The fraction of sp³-hybridized carbons (Fsp3) is 0.733. The van der Waals surface area contributed by atoms with Gasteiger partial charge in [0.2, 0.25) is 0 Å². The molecule has 1 N–H and O–H groups in total. The van der Waals surface area contributed by atoms with Gasteiger partial charge in [-0.1, -0.05) is 13.8 Å². The molecule has 1 rings (SSSR count). The molecule has 0 spiro atoms. The largest absolute Gasteiger partial charge is 0.468 e. The van der Waals surface area contributed by atoms with E-state index in [4.69, 9.17) is 13.9 Å². The van der Waals surface area contributed by atoms with Crippen molar-refractivity contribution in [2.24, 2.45) is 0 Å². The molecule has 1 aromatic heterocycles. The van der Waals surface area contributed by atoms with Crippen LogP contribution in [0.2, 0.25) is 0 Å². The summed E-state index contributed by atoms with van der Waals surface area (Å²) < 4.78 is 16.5. The van der Waals surface area contributed by atoms with Crippen molar-refractivity contribution in [2.75, 3.05) is 13.7 Å². The van der Waals surface area contributed by atoms with Crippen molar-refractivity contribution in [1.29, 1.82) is 0 Å². The second-order valence-corrected chi connectivity index (χ2v) is 5.67. The van der Waals surface area contributed by atoms with Gasteiger partial charge in [-0.2, -0.15) is 0 Å². The highest BCUT2D eigenvalue weighted by molar-refractivity contribution is 5.15. The second kappa shape index (κ2) is 7.68. The normalized spacial score (nSPS) is 12.3. The van der Waals surface area contributed by atoms with E-state index in [9.17, 15) is 0 Å². The van der Waals surface area contributed by atoms with Crippen molar-refractivity contribution in [2.45, 2.75) is 58.9 Å². The molecule has 19 heavy (non-hydrogen) atoms. The van der Waals surface area contributed by atoms with Gasteiger partial charge in [0.25, 0.3) is 0 Å². The van der Waals surface area contributed by atoms with E-state index in [0.717, 1.165) is 24.3 Å². The smallest absolute Gasteiger partial charge is 0.123 e. The lowest BCUT2D eigenvalue weighted by Crippen LogP contribution is -2.24. The molecule has 4 heteroatoms. The molecule has 0 amide bonds. The minimum absolute atomic E-state index is 0.127. The van der Waals surface area contributed by atoms with Gasteiger partial charge in [0, 0.05) is 25.3 Å². The molecule has 0 bridgehead atoms. The average Bonchev–Trinajstić information content (AvgIpc) is 2.79. The summed E-state index contributed by atoms with van der Waals surface area (Å²) in [6.45, 7) is 10.4. The Kier molecular flexibility index (Phi) is 6.55. The molecule has 0 saturated heterocycles. The topological polar surface area (TPSA) is 43.6 Å². The first kappa shape index (κ1) is 16.2. The van der Waals surface area contributed by atoms with Crippen LogP contribution in [0.5, 0.6) is 0 Å². The minimum Gasteiger partial charge on any atom is -0.468 e. The van der Waals surface area contributed by atoms with Gasteiger partial charge >= 0.3 is 0 Å². The lowest BCUT2D eigenvalue weighted by Gasteiger charge is -2.22. The summed E-state index contributed by atoms with van der Waals surface area (Å²) in [7, 11) is 1.73. The molecule has 0 aliphatic heterocycles. The monoisotopic (exact) mass is 269 g/mol. The Bertz CT molecular complexity index is 358. The molecular weight excluding hydrogens is 242 g/mol. The average molecular weight is 269 g/mol. The quantitative estimate of drug-likeness (QED) is 0.700. The summed E-state index contributed by atoms with van der Waals surface area (Å²) in [5, 5.41) is 3.34. The predicted molar refractivity (Wildman–Crippen MR) is 76.0 cm³/mol. The van der Waals surface area contributed by atoms with Crippen LogP contribution in [-0.2, 0) is 22.6 Å². The molecular formula is C15H27NO3. The summed E-state index contributed by atoms with van der Waals surface area (Å²) in [5.74, 6) is 0.958. The van der Waals surface area contributed by atoms with Gasteiger partial charge in [0.1, 0.15) is 5.76 Å². The molecule has 0 atom stereocenters. The highest BCUT2D eigenvalue weighted by Crippen LogP contribution is 2.15. The van der Waals surface area contributed by atoms with Crippen molar-refractivity contribution in [3.8, 4) is 0 Å². The third-order valence-electron chi connectivity index (χ3n) is 3.17. The number of furan rings is 1. The van der Waals surface area contributed by atoms with Crippen LogP contribution in [0.3, 0.4) is 0 Å². The van der Waals surface area contributed by atoms with E-state index in [2.05, 4.69) is 33.0 Å². The van der Waals surface area contributed by atoms with Crippen molar-refractivity contribution in [3.05, 3.63) is 23.7 Å². The minimum atomic E-state index is -0.127. The first-order valence-corrected chi connectivity index (χ1v) is 6.86. The lowest BCUT2D eigenvalue weighted by atomic mass is 10.1. The van der Waals surface area contributed by atoms with Crippen molar-refractivity contribution < 1.29 is 13.9 Å². The summed E-state index contributed by atoms with van der Waals surface area (Å²) in [4.78, 5) is 0. The Hall–Kier alpha value is -0.840. The number of rotatable bonds is 9. The Balaban J connectivity index is 2.31. The van der Waals surface area contributed by atoms with Crippen LogP contribution in [0.25, 0.3) is 0 Å². The molecule has 1 aromatic rings. The SMILES string of the molecule is COC(C)(C)CCOCc1ccoc1CNC(C)C. The number of methoxy groups -OCH3 is 1. The molecule has 0 unspecified atom stereocenters. The van der Waals surface area contributed by atoms with Crippen LogP contribution in [0.1, 0.15) is 45.4 Å². The Morgan fingerprint density at radius 2 is 2.11 bits per heavy atom. The van der Waals surface area contributed by atoms with E-state index < -0.39 is 0 Å². The van der Waals surface area contributed by atoms with E-state index in [0.29, 0.717) is 19.3 Å². The maximum absolute atomic E-state index is 5.70. The van der Waals surface area contributed by atoms with Crippen LogP contribution in [0.4, 0.5) is 0 Å². The van der Waals surface area contributed by atoms with Crippen molar-refractivity contribution in [3.63, 3.8) is 0 Å². The molecule has 1 heterocycles. The number of ether oxygens (including phenoxy) is 2. The van der Waals surface area contributed by atoms with Crippen LogP contribution < -0.4 is 5.32 Å². The molecule has 0 aliphatic rings. The fourth-order valence-corrected chi connectivity index (χ4v) is 1.55. The van der Waals surface area contributed by atoms with Gasteiger partial charge in [0.15, 0.2) is 0 Å². The molecule has 0 radical (unpaired) electrons. The maximum Gasteiger partial charge on any atom is 0.123 e. The summed E-state index contributed by atoms with van der Waals surface area (Å²) in [6, 6.07) is 2.42. The van der Waals surface area contributed by atoms with Crippen molar-refractivity contribution >= 4 is 0 Å². The molecule has 0 aliphatic carbocycles. The van der Waals surface area contributed by atoms with E-state index in [1.165, 1.54) is 0 Å². The van der Waals surface area contributed by atoms with Crippen LogP contribution in [0, 0.1) is 0 Å². The molecule has 0 saturated carbocycles. The Morgan fingerprint density at radius 3 is 2.74 bits per heavy atom. The van der Waals surface area contributed by atoms with Gasteiger partial charge in [-0.05, 0) is 26.3 Å². The summed E-state index contributed by atoms with van der Waals surface area (Å²) >= 11 is 0. The molecule has 0 aromatic carbocycles. The zero-order valence-corrected chi connectivity index (χ0v) is 12.8. The zero-order chi connectivity index (χ0) is 14.3. The Morgan fingerprint density at radius 1 is 1.37 bits per heavy atom. The highest BCUT2D eigenvalue weighted by atomic mass is 16.5. The van der Waals surface area contributed by atoms with Gasteiger partial charge in [-0.15, -0.1) is 0 Å². The first-order valence-electron chi connectivity index (χ1n) is 6.86. The Labute approximate surface area is 116 Å². The van der Waals surface area contributed by atoms with Gasteiger partial charge in [-0.25, -0.2) is 0 Å². The zero-order valence-electron chi connectivity index (χ0n) is 12.8. The summed E-state index contributed by atoms with van der Waals surface area (Å²) in [6.07, 6.45) is 2.59. The van der Waals surface area contributed by atoms with E-state index >= 15 is 0 Å². The van der Waals surface area contributed by atoms with Gasteiger partial charge in [0.05, 0.1) is 25.0 Å². The van der Waals surface area contributed by atoms with Crippen molar-refractivity contribution in [1.82, 2.24) is 5.32 Å². The standard InChI is InChI=1S/C15H27NO3/c1-12(2)16-10-14-13(6-8-19-14)11-18-9-7-15(3,4)17-5/h6,8,12,16H,7,9-11H2,1-5H3. The fourth-order valence-electron chi connectivity index (χ4n) is 1.55. The van der Waals surface area contributed by atoms with Crippen LogP contribution >= 0.6 is 0 Å². The highest BCUT2D eigenvalue weighted by Gasteiger charge is 2.16. The van der Waals surface area contributed by atoms with E-state index in [1.807, 2.05) is 6.07 Å². The third kappa shape index (κ3) is 6.23. The molecule has 0 fully saturated rings. The molecule has 4 nitrogen and oxygen atoms in total. The van der Waals surface area contributed by atoms with Crippen LogP contribution in [-0.4, -0.2) is 25.4 Å².